The summed E-state index contributed by atoms with van der Waals surface area (Å²) in [6.45, 7) is -1.65. The highest BCUT2D eigenvalue weighted by Crippen LogP contribution is 2.45. The van der Waals surface area contributed by atoms with Gasteiger partial charge >= 0.3 is 6.18 Å². The van der Waals surface area contributed by atoms with Crippen LogP contribution in [0.15, 0.2) is 40.0 Å². The average Bonchev–Trinajstić information content (AvgIpc) is 3.35. The molecular formula is C16H15ClF3NO5S. The predicted molar refractivity (Wildman–Crippen MR) is 88.2 cm³/mol. The SMILES string of the molecule is CS(=O)(=O)c1ccccc1C(=O)N1OC(C2CC2)=C(Cl)C1OCC(F)(F)F. The average molecular weight is 426 g/mol. The Bertz CT molecular complexity index is 896. The van der Waals surface area contributed by atoms with Crippen LogP contribution in [0.3, 0.4) is 0 Å². The molecule has 148 valence electrons. The lowest BCUT2D eigenvalue weighted by Gasteiger charge is -2.24. The highest BCUT2D eigenvalue weighted by atomic mass is 35.5. The highest BCUT2D eigenvalue weighted by molar-refractivity contribution is 7.90. The van der Waals surface area contributed by atoms with Gasteiger partial charge < -0.3 is 9.57 Å². The van der Waals surface area contributed by atoms with E-state index in [1.807, 2.05) is 0 Å². The largest absolute Gasteiger partial charge is 0.411 e. The molecule has 0 saturated heterocycles. The van der Waals surface area contributed by atoms with E-state index in [9.17, 15) is 26.4 Å². The second-order valence-electron chi connectivity index (χ2n) is 6.26. The Balaban J connectivity index is 1.93. The molecule has 6 nitrogen and oxygen atoms in total. The van der Waals surface area contributed by atoms with Crippen LogP contribution in [0.5, 0.6) is 0 Å². The molecule has 1 heterocycles. The molecule has 0 aromatic heterocycles. The molecule has 1 aromatic rings. The quantitative estimate of drug-likeness (QED) is 0.724. The van der Waals surface area contributed by atoms with Gasteiger partial charge in [-0.3, -0.25) is 4.79 Å². The molecule has 1 atom stereocenters. The number of amides is 1. The van der Waals surface area contributed by atoms with Crippen molar-refractivity contribution >= 4 is 27.3 Å². The number of halogens is 4. The molecule has 1 saturated carbocycles. The second-order valence-corrected chi connectivity index (χ2v) is 8.65. The Morgan fingerprint density at radius 2 is 1.96 bits per heavy atom. The third kappa shape index (κ3) is 4.39. The fourth-order valence-electron chi connectivity index (χ4n) is 2.58. The first-order chi connectivity index (χ1) is 12.5. The van der Waals surface area contributed by atoms with E-state index in [4.69, 9.17) is 21.2 Å². The Hall–Kier alpha value is -1.78. The number of nitrogens with zero attached hydrogens (tertiary/aromatic N) is 1. The monoisotopic (exact) mass is 425 g/mol. The lowest BCUT2D eigenvalue weighted by Crippen LogP contribution is -2.40. The van der Waals surface area contributed by atoms with Crippen LogP contribution in [0.4, 0.5) is 13.2 Å². The molecule has 1 amide bonds. The molecule has 1 unspecified atom stereocenters. The van der Waals surface area contributed by atoms with Gasteiger partial charge in [0.25, 0.3) is 5.91 Å². The fraction of sp³-hybridized carbons (Fsp3) is 0.438. The van der Waals surface area contributed by atoms with Crippen LogP contribution < -0.4 is 0 Å². The second kappa shape index (κ2) is 6.99. The van der Waals surface area contributed by atoms with Crippen LogP contribution >= 0.6 is 11.6 Å². The van der Waals surface area contributed by atoms with E-state index in [2.05, 4.69) is 0 Å². The molecule has 0 bridgehead atoms. The molecule has 27 heavy (non-hydrogen) atoms. The lowest BCUT2D eigenvalue weighted by molar-refractivity contribution is -0.219. The molecular weight excluding hydrogens is 411 g/mol. The number of benzene rings is 1. The van der Waals surface area contributed by atoms with Crippen LogP contribution in [0.25, 0.3) is 0 Å². The first-order valence-electron chi connectivity index (χ1n) is 7.87. The summed E-state index contributed by atoms with van der Waals surface area (Å²) >= 11 is 6.11. The summed E-state index contributed by atoms with van der Waals surface area (Å²) in [7, 11) is -3.76. The van der Waals surface area contributed by atoms with Crippen molar-refractivity contribution in [1.29, 1.82) is 0 Å². The fourth-order valence-corrected chi connectivity index (χ4v) is 3.81. The van der Waals surface area contributed by atoms with Gasteiger partial charge in [-0.25, -0.2) is 8.42 Å². The standard InChI is InChI=1S/C16H15ClF3NO5S/c1-27(23,24)11-5-3-2-4-10(11)14(22)21-15(25-8-16(18,19)20)12(17)13(26-21)9-6-7-9/h2-5,9,15H,6-8H2,1H3. The van der Waals surface area contributed by atoms with Crippen molar-refractivity contribution in [2.24, 2.45) is 5.92 Å². The minimum Gasteiger partial charge on any atom is -0.376 e. The summed E-state index contributed by atoms with van der Waals surface area (Å²) in [5.74, 6) is -0.886. The Labute approximate surface area is 158 Å². The van der Waals surface area contributed by atoms with Crippen molar-refractivity contribution in [3.05, 3.63) is 40.6 Å². The normalized spacial score (nSPS) is 20.8. The highest BCUT2D eigenvalue weighted by Gasteiger charge is 2.46. The maximum absolute atomic E-state index is 12.9. The van der Waals surface area contributed by atoms with E-state index in [-0.39, 0.29) is 27.2 Å². The van der Waals surface area contributed by atoms with Gasteiger partial charge in [-0.2, -0.15) is 13.2 Å². The summed E-state index contributed by atoms with van der Waals surface area (Å²) in [4.78, 5) is 18.0. The molecule has 2 aliphatic rings. The molecule has 11 heteroatoms. The van der Waals surface area contributed by atoms with E-state index in [0.717, 1.165) is 19.1 Å². The molecule has 3 rings (SSSR count). The predicted octanol–water partition coefficient (Wildman–Crippen LogP) is 3.24. The van der Waals surface area contributed by atoms with Gasteiger partial charge in [-0.1, -0.05) is 23.7 Å². The van der Waals surface area contributed by atoms with E-state index >= 15 is 0 Å². The summed E-state index contributed by atoms with van der Waals surface area (Å²) in [6, 6.07) is 5.32. The Kier molecular flexibility index (Phi) is 5.17. The maximum Gasteiger partial charge on any atom is 0.411 e. The van der Waals surface area contributed by atoms with Crippen LogP contribution in [0.1, 0.15) is 23.2 Å². The van der Waals surface area contributed by atoms with Crippen LogP contribution in [0, 0.1) is 5.92 Å². The van der Waals surface area contributed by atoms with E-state index in [1.165, 1.54) is 24.3 Å². The van der Waals surface area contributed by atoms with Gasteiger partial charge in [0.1, 0.15) is 11.6 Å². The van der Waals surface area contributed by atoms with Gasteiger partial charge in [0.15, 0.2) is 15.6 Å². The van der Waals surface area contributed by atoms with Gasteiger partial charge in [0.2, 0.25) is 6.23 Å². The van der Waals surface area contributed by atoms with Gasteiger partial charge in [0.05, 0.1) is 10.5 Å². The van der Waals surface area contributed by atoms with Gasteiger partial charge in [0, 0.05) is 12.2 Å². The molecule has 0 radical (unpaired) electrons. The van der Waals surface area contributed by atoms with E-state index in [0.29, 0.717) is 5.06 Å². The van der Waals surface area contributed by atoms with Crippen molar-refractivity contribution in [2.75, 3.05) is 12.9 Å². The van der Waals surface area contributed by atoms with Gasteiger partial charge in [-0.15, -0.1) is 5.06 Å². The molecule has 1 aromatic carbocycles. The molecule has 0 spiro atoms. The minimum atomic E-state index is -4.64. The van der Waals surface area contributed by atoms with E-state index < -0.39 is 34.8 Å². The van der Waals surface area contributed by atoms with Crippen molar-refractivity contribution in [3.8, 4) is 0 Å². The number of allylic oxidation sites excluding steroid dienone is 1. The number of hydrogen-bond acceptors (Lipinski definition) is 5. The number of alkyl halides is 3. The topological polar surface area (TPSA) is 72.9 Å². The maximum atomic E-state index is 12.9. The summed E-state index contributed by atoms with van der Waals surface area (Å²) in [6.07, 6.45) is -3.88. The van der Waals surface area contributed by atoms with Crippen LogP contribution in [0.2, 0.25) is 0 Å². The number of carbonyl (C=O) groups excluding carboxylic acids is 1. The van der Waals surface area contributed by atoms with Crippen LogP contribution in [-0.4, -0.2) is 44.7 Å². The number of carbonyl (C=O) groups is 1. The summed E-state index contributed by atoms with van der Waals surface area (Å²) in [5.41, 5.74) is -0.248. The zero-order valence-corrected chi connectivity index (χ0v) is 15.6. The van der Waals surface area contributed by atoms with Crippen molar-refractivity contribution in [3.63, 3.8) is 0 Å². The number of sulfone groups is 1. The van der Waals surface area contributed by atoms with Crippen molar-refractivity contribution in [1.82, 2.24) is 5.06 Å². The van der Waals surface area contributed by atoms with Crippen LogP contribution in [-0.2, 0) is 19.4 Å². The smallest absolute Gasteiger partial charge is 0.376 e. The summed E-state index contributed by atoms with van der Waals surface area (Å²) < 4.78 is 66.3. The Morgan fingerprint density at radius 1 is 1.33 bits per heavy atom. The lowest BCUT2D eigenvalue weighted by atomic mass is 10.2. The number of ether oxygens (including phenoxy) is 1. The number of hydrogen-bond donors (Lipinski definition) is 0. The third-order valence-corrected chi connectivity index (χ3v) is 5.46. The van der Waals surface area contributed by atoms with E-state index in [1.54, 1.807) is 0 Å². The zero-order chi connectivity index (χ0) is 20.0. The summed E-state index contributed by atoms with van der Waals surface area (Å²) in [5, 5.41) is 0.415. The first kappa shape index (κ1) is 20.0. The number of rotatable bonds is 5. The minimum absolute atomic E-state index is 0.0996. The third-order valence-electron chi connectivity index (χ3n) is 3.93. The zero-order valence-electron chi connectivity index (χ0n) is 14.0. The van der Waals surface area contributed by atoms with Crippen molar-refractivity contribution < 1.29 is 36.0 Å². The molecule has 0 N–H and O–H groups in total. The first-order valence-corrected chi connectivity index (χ1v) is 10.1. The van der Waals surface area contributed by atoms with Gasteiger partial charge in [-0.05, 0) is 25.0 Å². The van der Waals surface area contributed by atoms with Crippen molar-refractivity contribution in [2.45, 2.75) is 30.1 Å². The molecule has 1 aliphatic carbocycles. The Morgan fingerprint density at radius 3 is 2.52 bits per heavy atom. The molecule has 1 fully saturated rings. The number of hydroxylamine groups is 2. The molecule has 1 aliphatic heterocycles.